The summed E-state index contributed by atoms with van der Waals surface area (Å²) in [6, 6.07) is 0.352. The van der Waals surface area contributed by atoms with Crippen molar-refractivity contribution >= 4 is 17.7 Å². The number of amides is 1. The van der Waals surface area contributed by atoms with Crippen molar-refractivity contribution in [2.75, 3.05) is 26.4 Å². The molecule has 0 atom stereocenters. The molecule has 0 unspecified atom stereocenters. The first-order valence-electron chi connectivity index (χ1n) is 5.75. The van der Waals surface area contributed by atoms with Crippen LogP contribution >= 0.6 is 11.8 Å². The van der Waals surface area contributed by atoms with Gasteiger partial charge in [-0.25, -0.2) is 0 Å². The molecule has 1 fully saturated rings. The Bertz CT molecular complexity index is 277. The van der Waals surface area contributed by atoms with E-state index in [0.717, 1.165) is 36.4 Å². The van der Waals surface area contributed by atoms with Crippen molar-refractivity contribution in [1.29, 1.82) is 0 Å². The normalized spacial score (nSPS) is 18.2. The summed E-state index contributed by atoms with van der Waals surface area (Å²) < 4.78 is 0. The minimum absolute atomic E-state index is 0.0991. The van der Waals surface area contributed by atoms with Crippen LogP contribution in [0, 0.1) is 0 Å². The SMILES string of the molecule is CSC(C(=O)NC1CCN(C)CC1)=C(C)C. The summed E-state index contributed by atoms with van der Waals surface area (Å²) >= 11 is 1.53. The minimum atomic E-state index is 0.0991. The van der Waals surface area contributed by atoms with Gasteiger partial charge in [-0.1, -0.05) is 5.57 Å². The highest BCUT2D eigenvalue weighted by molar-refractivity contribution is 8.03. The molecule has 0 aromatic rings. The molecule has 0 radical (unpaired) electrons. The lowest BCUT2D eigenvalue weighted by atomic mass is 10.1. The zero-order valence-electron chi connectivity index (χ0n) is 10.7. The number of allylic oxidation sites excluding steroid dienone is 1. The number of hydrogen-bond acceptors (Lipinski definition) is 3. The molecule has 0 aliphatic carbocycles. The van der Waals surface area contributed by atoms with Crippen LogP contribution in [0.1, 0.15) is 26.7 Å². The number of thioether (sulfide) groups is 1. The average Bonchev–Trinajstić information content (AvgIpc) is 2.22. The first-order valence-corrected chi connectivity index (χ1v) is 6.98. The molecule has 3 nitrogen and oxygen atoms in total. The van der Waals surface area contributed by atoms with Gasteiger partial charge in [0.2, 0.25) is 0 Å². The first kappa shape index (κ1) is 13.6. The Morgan fingerprint density at radius 2 is 1.88 bits per heavy atom. The van der Waals surface area contributed by atoms with Crippen LogP contribution in [0.4, 0.5) is 0 Å². The molecule has 1 rings (SSSR count). The van der Waals surface area contributed by atoms with E-state index in [1.807, 2.05) is 20.1 Å². The van der Waals surface area contributed by atoms with Crippen molar-refractivity contribution < 1.29 is 4.79 Å². The van der Waals surface area contributed by atoms with Crippen LogP contribution < -0.4 is 5.32 Å². The molecule has 0 saturated carbocycles. The second-order valence-corrected chi connectivity index (χ2v) is 5.40. The topological polar surface area (TPSA) is 32.3 Å². The molecule has 92 valence electrons. The van der Waals surface area contributed by atoms with Crippen LogP contribution in [0.2, 0.25) is 0 Å². The van der Waals surface area contributed by atoms with E-state index >= 15 is 0 Å². The van der Waals surface area contributed by atoms with Gasteiger partial charge in [-0.15, -0.1) is 11.8 Å². The van der Waals surface area contributed by atoms with Gasteiger partial charge in [-0.05, 0) is 53.1 Å². The summed E-state index contributed by atoms with van der Waals surface area (Å²) in [7, 11) is 2.13. The Morgan fingerprint density at radius 1 is 1.31 bits per heavy atom. The van der Waals surface area contributed by atoms with E-state index in [9.17, 15) is 4.79 Å². The average molecular weight is 242 g/mol. The molecule has 1 aliphatic rings. The van der Waals surface area contributed by atoms with Crippen molar-refractivity contribution in [2.45, 2.75) is 32.7 Å². The molecule has 0 spiro atoms. The van der Waals surface area contributed by atoms with E-state index in [-0.39, 0.29) is 5.91 Å². The Labute approximate surface area is 103 Å². The maximum Gasteiger partial charge on any atom is 0.257 e. The van der Waals surface area contributed by atoms with Crippen molar-refractivity contribution in [3.63, 3.8) is 0 Å². The van der Waals surface area contributed by atoms with Gasteiger partial charge in [0.05, 0.1) is 4.91 Å². The van der Waals surface area contributed by atoms with Gasteiger partial charge in [0.1, 0.15) is 0 Å². The van der Waals surface area contributed by atoms with Gasteiger partial charge in [0.15, 0.2) is 0 Å². The highest BCUT2D eigenvalue weighted by Gasteiger charge is 2.20. The lowest BCUT2D eigenvalue weighted by Crippen LogP contribution is -2.43. The van der Waals surface area contributed by atoms with Crippen LogP contribution in [0.3, 0.4) is 0 Å². The fourth-order valence-electron chi connectivity index (χ4n) is 1.93. The molecule has 1 heterocycles. The molecule has 0 aromatic carbocycles. The molecule has 0 bridgehead atoms. The molecule has 1 saturated heterocycles. The van der Waals surface area contributed by atoms with E-state index in [1.54, 1.807) is 0 Å². The van der Waals surface area contributed by atoms with Crippen LogP contribution in [0.15, 0.2) is 10.5 Å². The number of rotatable bonds is 3. The van der Waals surface area contributed by atoms with E-state index in [1.165, 1.54) is 11.8 Å². The summed E-state index contributed by atoms with van der Waals surface area (Å²) in [5.41, 5.74) is 1.10. The zero-order chi connectivity index (χ0) is 12.1. The minimum Gasteiger partial charge on any atom is -0.349 e. The predicted octanol–water partition coefficient (Wildman–Crippen LogP) is 1.85. The third-order valence-electron chi connectivity index (χ3n) is 2.92. The number of carbonyl (C=O) groups is 1. The summed E-state index contributed by atoms with van der Waals surface area (Å²) in [5.74, 6) is 0.0991. The van der Waals surface area contributed by atoms with E-state index in [0.29, 0.717) is 6.04 Å². The highest BCUT2D eigenvalue weighted by atomic mass is 32.2. The maximum atomic E-state index is 12.0. The molecular formula is C12H22N2OS. The van der Waals surface area contributed by atoms with Gasteiger partial charge < -0.3 is 10.2 Å². The number of likely N-dealkylation sites (tertiary alicyclic amines) is 1. The molecule has 1 aliphatic heterocycles. The van der Waals surface area contributed by atoms with Crippen molar-refractivity contribution in [1.82, 2.24) is 10.2 Å². The molecular weight excluding hydrogens is 220 g/mol. The number of carbonyl (C=O) groups excluding carboxylic acids is 1. The third-order valence-corrected chi connectivity index (χ3v) is 3.92. The predicted molar refractivity (Wildman–Crippen MR) is 70.6 cm³/mol. The molecule has 1 amide bonds. The van der Waals surface area contributed by atoms with Crippen molar-refractivity contribution in [3.8, 4) is 0 Å². The van der Waals surface area contributed by atoms with Gasteiger partial charge in [-0.3, -0.25) is 4.79 Å². The van der Waals surface area contributed by atoms with E-state index < -0.39 is 0 Å². The number of piperidine rings is 1. The largest absolute Gasteiger partial charge is 0.349 e. The van der Waals surface area contributed by atoms with Gasteiger partial charge in [0.25, 0.3) is 5.91 Å². The summed E-state index contributed by atoms with van der Waals surface area (Å²) in [4.78, 5) is 15.1. The second-order valence-electron chi connectivity index (χ2n) is 4.58. The van der Waals surface area contributed by atoms with Crippen LogP contribution in [-0.2, 0) is 4.79 Å². The Hall–Kier alpha value is -0.480. The van der Waals surface area contributed by atoms with Gasteiger partial charge in [-0.2, -0.15) is 0 Å². The lowest BCUT2D eigenvalue weighted by molar-refractivity contribution is -0.117. The number of nitrogens with one attached hydrogen (secondary N) is 1. The van der Waals surface area contributed by atoms with Crippen LogP contribution in [0.25, 0.3) is 0 Å². The van der Waals surface area contributed by atoms with Crippen LogP contribution in [0.5, 0.6) is 0 Å². The Kier molecular flexibility index (Phi) is 5.35. The third kappa shape index (κ3) is 3.83. The van der Waals surface area contributed by atoms with Gasteiger partial charge in [0, 0.05) is 6.04 Å². The van der Waals surface area contributed by atoms with Crippen molar-refractivity contribution in [3.05, 3.63) is 10.5 Å². The fraction of sp³-hybridized carbons (Fsp3) is 0.750. The number of hydrogen-bond donors (Lipinski definition) is 1. The second kappa shape index (κ2) is 6.30. The highest BCUT2D eigenvalue weighted by Crippen LogP contribution is 2.18. The van der Waals surface area contributed by atoms with Gasteiger partial charge >= 0.3 is 0 Å². The van der Waals surface area contributed by atoms with Crippen molar-refractivity contribution in [2.24, 2.45) is 0 Å². The fourth-order valence-corrected chi connectivity index (χ4v) is 2.58. The van der Waals surface area contributed by atoms with E-state index in [2.05, 4.69) is 17.3 Å². The maximum absolute atomic E-state index is 12.0. The lowest BCUT2D eigenvalue weighted by Gasteiger charge is -2.29. The monoisotopic (exact) mass is 242 g/mol. The number of nitrogens with zero attached hydrogens (tertiary/aromatic N) is 1. The van der Waals surface area contributed by atoms with E-state index in [4.69, 9.17) is 0 Å². The Morgan fingerprint density at radius 3 is 2.31 bits per heavy atom. The molecule has 1 N–H and O–H groups in total. The summed E-state index contributed by atoms with van der Waals surface area (Å²) in [6.45, 7) is 6.13. The quantitative estimate of drug-likeness (QED) is 0.767. The molecule has 16 heavy (non-hydrogen) atoms. The molecule has 0 aromatic heterocycles. The molecule has 4 heteroatoms. The smallest absolute Gasteiger partial charge is 0.257 e. The summed E-state index contributed by atoms with van der Waals surface area (Å²) in [5, 5.41) is 3.13. The standard InChI is InChI=1S/C12H22N2OS/c1-9(2)11(16-4)12(15)13-10-5-7-14(3)8-6-10/h10H,5-8H2,1-4H3,(H,13,15). The Balaban J connectivity index is 2.48. The van der Waals surface area contributed by atoms with Crippen LogP contribution in [-0.4, -0.2) is 43.2 Å². The summed E-state index contributed by atoms with van der Waals surface area (Å²) in [6.07, 6.45) is 4.08. The first-order chi connectivity index (χ1) is 7.54. The zero-order valence-corrected chi connectivity index (χ0v) is 11.5.